The van der Waals surface area contributed by atoms with Crippen LogP contribution in [0.3, 0.4) is 0 Å². The van der Waals surface area contributed by atoms with Gasteiger partial charge in [-0.05, 0) is 42.8 Å². The summed E-state index contributed by atoms with van der Waals surface area (Å²) in [6.45, 7) is 3.14. The van der Waals surface area contributed by atoms with Gasteiger partial charge in [0, 0.05) is 17.6 Å². The van der Waals surface area contributed by atoms with Gasteiger partial charge in [0.25, 0.3) is 5.91 Å². The Hall–Kier alpha value is -2.37. The van der Waals surface area contributed by atoms with Gasteiger partial charge >= 0.3 is 0 Å². The number of hydrogen-bond donors (Lipinski definition) is 2. The SMILES string of the molecule is CC(=O)NN=C(C)c1cccc(NC(=O)c2ccc(Cl)cc2Cl)c1. The highest BCUT2D eigenvalue weighted by molar-refractivity contribution is 6.37. The van der Waals surface area contributed by atoms with Crippen molar-refractivity contribution in [3.63, 3.8) is 0 Å². The number of hydrazone groups is 1. The number of nitrogens with one attached hydrogen (secondary N) is 2. The normalized spacial score (nSPS) is 11.1. The van der Waals surface area contributed by atoms with Crippen LogP contribution in [0.5, 0.6) is 0 Å². The zero-order chi connectivity index (χ0) is 17.7. The molecule has 0 saturated carbocycles. The van der Waals surface area contributed by atoms with E-state index in [0.29, 0.717) is 22.0 Å². The maximum atomic E-state index is 12.3. The molecule has 0 unspecified atom stereocenters. The quantitative estimate of drug-likeness (QED) is 0.633. The molecule has 2 N–H and O–H groups in total. The molecule has 2 aromatic rings. The largest absolute Gasteiger partial charge is 0.322 e. The lowest BCUT2D eigenvalue weighted by molar-refractivity contribution is -0.118. The van der Waals surface area contributed by atoms with Gasteiger partial charge in [-0.2, -0.15) is 5.10 Å². The smallest absolute Gasteiger partial charge is 0.257 e. The molecular weight excluding hydrogens is 349 g/mol. The number of hydrogen-bond acceptors (Lipinski definition) is 3. The van der Waals surface area contributed by atoms with E-state index in [0.717, 1.165) is 5.56 Å². The number of anilines is 1. The summed E-state index contributed by atoms with van der Waals surface area (Å²) >= 11 is 11.9. The minimum atomic E-state index is -0.342. The van der Waals surface area contributed by atoms with Gasteiger partial charge in [-0.1, -0.05) is 35.3 Å². The van der Waals surface area contributed by atoms with Crippen molar-refractivity contribution in [2.45, 2.75) is 13.8 Å². The fourth-order valence-electron chi connectivity index (χ4n) is 1.92. The first-order valence-corrected chi connectivity index (χ1v) is 7.80. The second-order valence-corrected chi connectivity index (χ2v) is 5.87. The Kier molecular flexibility index (Phi) is 5.95. The van der Waals surface area contributed by atoms with Crippen molar-refractivity contribution < 1.29 is 9.59 Å². The van der Waals surface area contributed by atoms with E-state index in [1.54, 1.807) is 37.3 Å². The molecule has 0 bridgehead atoms. The van der Waals surface area contributed by atoms with Crippen molar-refractivity contribution in [3.05, 3.63) is 63.6 Å². The second kappa shape index (κ2) is 7.95. The first-order valence-electron chi connectivity index (χ1n) is 7.04. The summed E-state index contributed by atoms with van der Waals surface area (Å²) in [6.07, 6.45) is 0. The summed E-state index contributed by atoms with van der Waals surface area (Å²) in [7, 11) is 0. The molecule has 2 rings (SSSR count). The number of rotatable bonds is 4. The average molecular weight is 364 g/mol. The van der Waals surface area contributed by atoms with Crippen LogP contribution in [0.4, 0.5) is 5.69 Å². The number of amides is 2. The lowest BCUT2D eigenvalue weighted by Gasteiger charge is -2.09. The predicted molar refractivity (Wildman–Crippen MR) is 96.9 cm³/mol. The molecule has 24 heavy (non-hydrogen) atoms. The molecule has 0 saturated heterocycles. The van der Waals surface area contributed by atoms with Crippen LogP contribution < -0.4 is 10.7 Å². The van der Waals surface area contributed by atoms with E-state index in [4.69, 9.17) is 23.2 Å². The third-order valence-electron chi connectivity index (χ3n) is 3.10. The Labute approximate surface area is 149 Å². The third-order valence-corrected chi connectivity index (χ3v) is 3.64. The maximum absolute atomic E-state index is 12.3. The van der Waals surface area contributed by atoms with E-state index in [1.165, 1.54) is 13.0 Å². The van der Waals surface area contributed by atoms with E-state index in [1.807, 2.05) is 6.07 Å². The summed E-state index contributed by atoms with van der Waals surface area (Å²) in [6, 6.07) is 11.8. The standard InChI is InChI=1S/C17H15Cl2N3O2/c1-10(21-22-11(2)23)12-4-3-5-14(8-12)20-17(24)15-7-6-13(18)9-16(15)19/h3-9H,1-2H3,(H,20,24)(H,22,23). The van der Waals surface area contributed by atoms with Gasteiger partial charge in [0.1, 0.15) is 0 Å². The van der Waals surface area contributed by atoms with Gasteiger partial charge in [0.05, 0.1) is 16.3 Å². The van der Waals surface area contributed by atoms with Crippen LogP contribution in [0, 0.1) is 0 Å². The van der Waals surface area contributed by atoms with Crippen LogP contribution >= 0.6 is 23.2 Å². The number of halogens is 2. The van der Waals surface area contributed by atoms with Crippen molar-refractivity contribution in [2.75, 3.05) is 5.32 Å². The molecule has 0 fully saturated rings. The molecule has 7 heteroatoms. The molecule has 124 valence electrons. The van der Waals surface area contributed by atoms with E-state index in [-0.39, 0.29) is 16.8 Å². The third kappa shape index (κ3) is 4.81. The Morgan fingerprint density at radius 3 is 2.46 bits per heavy atom. The molecule has 2 aromatic carbocycles. The summed E-state index contributed by atoms with van der Waals surface area (Å²) in [5.74, 6) is -0.596. The fourth-order valence-corrected chi connectivity index (χ4v) is 2.42. The number of benzene rings is 2. The molecule has 0 aromatic heterocycles. The Morgan fingerprint density at radius 2 is 1.79 bits per heavy atom. The summed E-state index contributed by atoms with van der Waals surface area (Å²) in [5, 5.41) is 7.47. The lowest BCUT2D eigenvalue weighted by Crippen LogP contribution is -2.15. The molecule has 5 nitrogen and oxygen atoms in total. The van der Waals surface area contributed by atoms with Crippen molar-refractivity contribution in [1.82, 2.24) is 5.43 Å². The Balaban J connectivity index is 2.18. The van der Waals surface area contributed by atoms with Crippen molar-refractivity contribution in [1.29, 1.82) is 0 Å². The maximum Gasteiger partial charge on any atom is 0.257 e. The van der Waals surface area contributed by atoms with Crippen LogP contribution in [0.1, 0.15) is 29.8 Å². The monoisotopic (exact) mass is 363 g/mol. The Morgan fingerprint density at radius 1 is 1.04 bits per heavy atom. The van der Waals surface area contributed by atoms with Gasteiger partial charge in [-0.15, -0.1) is 0 Å². The van der Waals surface area contributed by atoms with Crippen molar-refractivity contribution >= 4 is 46.4 Å². The van der Waals surface area contributed by atoms with Crippen LogP contribution in [0.15, 0.2) is 47.6 Å². The lowest BCUT2D eigenvalue weighted by atomic mass is 10.1. The second-order valence-electron chi connectivity index (χ2n) is 5.02. The zero-order valence-corrected chi connectivity index (χ0v) is 14.6. The molecule has 0 heterocycles. The topological polar surface area (TPSA) is 70.6 Å². The van der Waals surface area contributed by atoms with Crippen LogP contribution in [-0.2, 0) is 4.79 Å². The van der Waals surface area contributed by atoms with Crippen LogP contribution in [-0.4, -0.2) is 17.5 Å². The molecule has 0 spiro atoms. The van der Waals surface area contributed by atoms with E-state index >= 15 is 0 Å². The van der Waals surface area contributed by atoms with E-state index < -0.39 is 0 Å². The van der Waals surface area contributed by atoms with Gasteiger partial charge in [-0.25, -0.2) is 5.43 Å². The molecular formula is C17H15Cl2N3O2. The average Bonchev–Trinajstić information content (AvgIpc) is 2.52. The van der Waals surface area contributed by atoms with Crippen molar-refractivity contribution in [2.24, 2.45) is 5.10 Å². The molecule has 2 amide bonds. The summed E-state index contributed by atoms with van der Waals surface area (Å²) < 4.78 is 0. The highest BCUT2D eigenvalue weighted by Gasteiger charge is 2.11. The highest BCUT2D eigenvalue weighted by atomic mass is 35.5. The molecule has 0 atom stereocenters. The molecule has 0 aliphatic rings. The number of carbonyl (C=O) groups excluding carboxylic acids is 2. The molecule has 0 aliphatic carbocycles. The highest BCUT2D eigenvalue weighted by Crippen LogP contribution is 2.22. The predicted octanol–water partition coefficient (Wildman–Crippen LogP) is 4.11. The molecule has 0 radical (unpaired) electrons. The first kappa shape index (κ1) is 18.0. The van der Waals surface area contributed by atoms with E-state index in [2.05, 4.69) is 15.8 Å². The van der Waals surface area contributed by atoms with Crippen LogP contribution in [0.25, 0.3) is 0 Å². The van der Waals surface area contributed by atoms with E-state index in [9.17, 15) is 9.59 Å². The number of carbonyl (C=O) groups is 2. The minimum absolute atomic E-state index is 0.254. The first-order chi connectivity index (χ1) is 11.4. The summed E-state index contributed by atoms with van der Waals surface area (Å²) in [4.78, 5) is 23.2. The Bertz CT molecular complexity index is 819. The van der Waals surface area contributed by atoms with Gasteiger partial charge in [0.2, 0.25) is 5.91 Å². The molecule has 0 aliphatic heterocycles. The zero-order valence-electron chi connectivity index (χ0n) is 13.1. The summed E-state index contributed by atoms with van der Waals surface area (Å²) in [5.41, 5.74) is 4.67. The fraction of sp³-hybridized carbons (Fsp3) is 0.118. The van der Waals surface area contributed by atoms with Crippen LogP contribution in [0.2, 0.25) is 10.0 Å². The van der Waals surface area contributed by atoms with Crippen molar-refractivity contribution in [3.8, 4) is 0 Å². The van der Waals surface area contributed by atoms with Gasteiger partial charge in [-0.3, -0.25) is 9.59 Å². The van der Waals surface area contributed by atoms with Gasteiger partial charge < -0.3 is 5.32 Å². The van der Waals surface area contributed by atoms with Gasteiger partial charge in [0.15, 0.2) is 0 Å². The minimum Gasteiger partial charge on any atom is -0.322 e. The number of nitrogens with zero attached hydrogens (tertiary/aromatic N) is 1.